The molecule has 0 N–H and O–H groups in total. The third kappa shape index (κ3) is 5.33. The van der Waals surface area contributed by atoms with Gasteiger partial charge in [0.05, 0.1) is 12.0 Å². The van der Waals surface area contributed by atoms with Crippen molar-refractivity contribution in [1.82, 2.24) is 0 Å². The molecule has 0 saturated heterocycles. The molecular weight excluding hydrogens is 507 g/mol. The third-order valence-corrected chi connectivity index (χ3v) is 7.07. The topological polar surface area (TPSA) is 105 Å². The molecule has 0 spiro atoms. The van der Waals surface area contributed by atoms with E-state index in [0.29, 0.717) is 12.8 Å². The Bertz CT molecular complexity index is 683. The molecule has 0 heterocycles. The molecule has 170 valence electrons. The Hall–Kier alpha value is -1.23. The molecule has 2 aliphatic rings. The van der Waals surface area contributed by atoms with Gasteiger partial charge < -0.3 is 23.7 Å². The summed E-state index contributed by atoms with van der Waals surface area (Å²) in [6.07, 6.45) is 0.637. The van der Waals surface area contributed by atoms with Crippen LogP contribution in [0.1, 0.15) is 47.5 Å². The summed E-state index contributed by atoms with van der Waals surface area (Å²) in [6, 6.07) is 0. The van der Waals surface area contributed by atoms with Gasteiger partial charge in [0.15, 0.2) is 6.61 Å². The van der Waals surface area contributed by atoms with Crippen LogP contribution in [0.3, 0.4) is 0 Å². The van der Waals surface area contributed by atoms with Gasteiger partial charge in [-0.05, 0) is 46.5 Å². The van der Waals surface area contributed by atoms with Gasteiger partial charge in [0, 0.05) is 18.9 Å². The van der Waals surface area contributed by atoms with Crippen LogP contribution in [0.25, 0.3) is 0 Å². The molecule has 0 aliphatic heterocycles. The second-order valence-electron chi connectivity index (χ2n) is 9.12. The zero-order valence-electron chi connectivity index (χ0n) is 18.3. The molecule has 2 saturated carbocycles. The van der Waals surface area contributed by atoms with Crippen LogP contribution >= 0.6 is 22.6 Å². The van der Waals surface area contributed by atoms with E-state index in [1.807, 2.05) is 29.5 Å². The summed E-state index contributed by atoms with van der Waals surface area (Å²) in [6.45, 7) is 8.34. The van der Waals surface area contributed by atoms with E-state index in [1.54, 1.807) is 27.7 Å². The highest BCUT2D eigenvalue weighted by atomic mass is 127. The number of hydrogen-bond donors (Lipinski definition) is 0. The number of methoxy groups -OCH3 is 1. The van der Waals surface area contributed by atoms with Gasteiger partial charge in [0.1, 0.15) is 21.4 Å². The molecule has 2 bridgehead atoms. The quantitative estimate of drug-likeness (QED) is 0.153. The van der Waals surface area contributed by atoms with E-state index in [-0.39, 0.29) is 5.92 Å². The summed E-state index contributed by atoms with van der Waals surface area (Å²) in [7, 11) is 1.49. The van der Waals surface area contributed by atoms with Crippen molar-refractivity contribution in [3.05, 3.63) is 0 Å². The first-order valence-electron chi connectivity index (χ1n) is 10.1. The fraction of sp³-hybridized carbons (Fsp3) is 0.810. The normalized spacial score (nSPS) is 32.2. The summed E-state index contributed by atoms with van der Waals surface area (Å²) in [5, 5.41) is 0. The number of aldehydes is 1. The Kier molecular flexibility index (Phi) is 7.93. The Morgan fingerprint density at radius 3 is 2.23 bits per heavy atom. The van der Waals surface area contributed by atoms with Gasteiger partial charge in [-0.15, -0.1) is 0 Å². The number of ether oxygens (including phenoxy) is 4. The highest BCUT2D eigenvalue weighted by Crippen LogP contribution is 2.54. The number of alkyl halides is 1. The fourth-order valence-corrected chi connectivity index (χ4v) is 4.46. The standard InChI is InChI=1S/C21H31IO8/c1-7-21(5,22)19(26)28-10-14(24)29-17-12-8-11(16(17)27-6)13(9-23)15(12)18(25)30-20(2,3)4/h9,11-13,15-17H,7-8,10H2,1-6H3. The molecule has 0 amide bonds. The number of carbonyl (C=O) groups excluding carboxylic acids is 4. The summed E-state index contributed by atoms with van der Waals surface area (Å²) in [4.78, 5) is 49.0. The number of hydrogen-bond acceptors (Lipinski definition) is 8. The van der Waals surface area contributed by atoms with Gasteiger partial charge in [-0.2, -0.15) is 0 Å². The van der Waals surface area contributed by atoms with Crippen LogP contribution in [0.15, 0.2) is 0 Å². The first-order chi connectivity index (χ1) is 13.9. The van der Waals surface area contributed by atoms with Crippen LogP contribution in [0.5, 0.6) is 0 Å². The average molecular weight is 538 g/mol. The maximum atomic E-state index is 12.8. The van der Waals surface area contributed by atoms with Crippen molar-refractivity contribution in [1.29, 1.82) is 0 Å². The Labute approximate surface area is 190 Å². The molecule has 0 aromatic carbocycles. The Balaban J connectivity index is 2.10. The fourth-order valence-electron chi connectivity index (χ4n) is 4.30. The highest BCUT2D eigenvalue weighted by Gasteiger charge is 2.63. The first kappa shape index (κ1) is 25.0. The van der Waals surface area contributed by atoms with E-state index in [2.05, 4.69) is 0 Å². The van der Waals surface area contributed by atoms with Gasteiger partial charge in [-0.1, -0.05) is 29.5 Å². The minimum atomic E-state index is -0.724. The van der Waals surface area contributed by atoms with Gasteiger partial charge >= 0.3 is 17.9 Å². The molecule has 8 nitrogen and oxygen atoms in total. The van der Waals surface area contributed by atoms with E-state index in [4.69, 9.17) is 18.9 Å². The zero-order chi connectivity index (χ0) is 22.9. The second-order valence-corrected chi connectivity index (χ2v) is 11.5. The molecule has 2 fully saturated rings. The van der Waals surface area contributed by atoms with Crippen molar-refractivity contribution in [2.45, 2.75) is 68.7 Å². The van der Waals surface area contributed by atoms with E-state index >= 15 is 0 Å². The Morgan fingerprint density at radius 1 is 1.10 bits per heavy atom. The van der Waals surface area contributed by atoms with Crippen LogP contribution in [-0.2, 0) is 38.1 Å². The van der Waals surface area contributed by atoms with Crippen LogP contribution < -0.4 is 0 Å². The van der Waals surface area contributed by atoms with Crippen molar-refractivity contribution < 1.29 is 38.1 Å². The van der Waals surface area contributed by atoms with Crippen LogP contribution in [-0.4, -0.2) is 59.1 Å². The Morgan fingerprint density at radius 2 is 1.73 bits per heavy atom. The van der Waals surface area contributed by atoms with Crippen LogP contribution in [0.2, 0.25) is 0 Å². The number of carbonyl (C=O) groups is 4. The van der Waals surface area contributed by atoms with Crippen molar-refractivity contribution in [2.75, 3.05) is 13.7 Å². The lowest BCUT2D eigenvalue weighted by molar-refractivity contribution is -0.183. The third-order valence-electron chi connectivity index (χ3n) is 5.87. The van der Waals surface area contributed by atoms with Crippen molar-refractivity contribution in [3.8, 4) is 0 Å². The maximum Gasteiger partial charge on any atom is 0.344 e. The van der Waals surface area contributed by atoms with Crippen molar-refractivity contribution in [2.24, 2.45) is 23.7 Å². The summed E-state index contributed by atoms with van der Waals surface area (Å²) in [5.41, 5.74) is -0.696. The molecule has 30 heavy (non-hydrogen) atoms. The average Bonchev–Trinajstić information content (AvgIpc) is 3.19. The lowest BCUT2D eigenvalue weighted by Crippen LogP contribution is -2.49. The van der Waals surface area contributed by atoms with E-state index in [9.17, 15) is 19.2 Å². The van der Waals surface area contributed by atoms with E-state index in [1.165, 1.54) is 7.11 Å². The molecule has 0 aromatic rings. The SMILES string of the molecule is CCC(C)(I)C(=O)OCC(=O)OC1C2CC(C(C=O)C2C(=O)OC(C)(C)C)C1OC. The minimum Gasteiger partial charge on any atom is -0.460 e. The summed E-state index contributed by atoms with van der Waals surface area (Å²) >= 11 is 1.98. The van der Waals surface area contributed by atoms with Gasteiger partial charge in [-0.25, -0.2) is 4.79 Å². The summed E-state index contributed by atoms with van der Waals surface area (Å²) in [5.74, 6) is -3.56. The number of rotatable bonds is 8. The highest BCUT2D eigenvalue weighted by molar-refractivity contribution is 14.1. The second kappa shape index (κ2) is 9.50. The van der Waals surface area contributed by atoms with Gasteiger partial charge in [0.2, 0.25) is 0 Å². The maximum absolute atomic E-state index is 12.8. The van der Waals surface area contributed by atoms with Crippen LogP contribution in [0.4, 0.5) is 0 Å². The predicted octanol–water partition coefficient (Wildman–Crippen LogP) is 2.48. The first-order valence-corrected chi connectivity index (χ1v) is 11.2. The van der Waals surface area contributed by atoms with Gasteiger partial charge in [-0.3, -0.25) is 9.59 Å². The molecule has 7 unspecified atom stereocenters. The van der Waals surface area contributed by atoms with E-state index < -0.39 is 63.5 Å². The largest absolute Gasteiger partial charge is 0.460 e. The zero-order valence-corrected chi connectivity index (χ0v) is 20.5. The molecule has 0 radical (unpaired) electrons. The number of fused-ring (bicyclic) bond motifs is 2. The van der Waals surface area contributed by atoms with Crippen LogP contribution in [0, 0.1) is 23.7 Å². The number of esters is 3. The molecule has 2 rings (SSSR count). The molecule has 7 atom stereocenters. The predicted molar refractivity (Wildman–Crippen MR) is 115 cm³/mol. The minimum absolute atomic E-state index is 0.243. The van der Waals surface area contributed by atoms with Gasteiger partial charge in [0.25, 0.3) is 0 Å². The molecule has 2 aliphatic carbocycles. The van der Waals surface area contributed by atoms with E-state index in [0.717, 1.165) is 6.29 Å². The van der Waals surface area contributed by atoms with Crippen molar-refractivity contribution in [3.63, 3.8) is 0 Å². The number of halogens is 1. The lowest BCUT2D eigenvalue weighted by Gasteiger charge is -2.37. The molecule has 0 aromatic heterocycles. The molecule has 9 heteroatoms. The lowest BCUT2D eigenvalue weighted by atomic mass is 9.77. The smallest absolute Gasteiger partial charge is 0.344 e. The molecular formula is C21H31IO8. The monoisotopic (exact) mass is 538 g/mol. The van der Waals surface area contributed by atoms with Crippen molar-refractivity contribution >= 4 is 46.8 Å². The summed E-state index contributed by atoms with van der Waals surface area (Å²) < 4.78 is 21.0.